The van der Waals surface area contributed by atoms with Crippen LogP contribution >= 0.6 is 0 Å². The molecule has 1 fully saturated rings. The van der Waals surface area contributed by atoms with E-state index in [1.54, 1.807) is 12.1 Å². The highest BCUT2D eigenvalue weighted by Gasteiger charge is 2.15. The van der Waals surface area contributed by atoms with E-state index in [2.05, 4.69) is 17.6 Å². The molecule has 0 aromatic heterocycles. The number of benzene rings is 1. The Bertz CT molecular complexity index is 534. The highest BCUT2D eigenvalue weighted by atomic mass is 32.2. The Labute approximate surface area is 128 Å². The molecule has 0 aliphatic carbocycles. The summed E-state index contributed by atoms with van der Waals surface area (Å²) in [4.78, 5) is 0.380. The first-order chi connectivity index (χ1) is 9.95. The molecule has 2 atom stereocenters. The average Bonchev–Trinajstić information content (AvgIpc) is 2.46. The molecule has 2 unspecified atom stereocenters. The third-order valence-electron chi connectivity index (χ3n) is 4.06. The zero-order valence-electron chi connectivity index (χ0n) is 12.9. The maximum Gasteiger partial charge on any atom is 0.175 e. The van der Waals surface area contributed by atoms with Gasteiger partial charge in [0.25, 0.3) is 0 Å². The summed E-state index contributed by atoms with van der Waals surface area (Å²) in [6.45, 7) is 4.13. The van der Waals surface area contributed by atoms with Gasteiger partial charge in [0.15, 0.2) is 9.84 Å². The van der Waals surface area contributed by atoms with Gasteiger partial charge in [0.2, 0.25) is 0 Å². The molecule has 1 heterocycles. The first-order valence-electron chi connectivity index (χ1n) is 7.71. The Morgan fingerprint density at radius 3 is 2.57 bits per heavy atom. The fraction of sp³-hybridized carbons (Fsp3) is 0.625. The lowest BCUT2D eigenvalue weighted by atomic mass is 9.99. The minimum absolute atomic E-state index is 0.380. The summed E-state index contributed by atoms with van der Waals surface area (Å²) in [7, 11) is -3.10. The lowest BCUT2D eigenvalue weighted by Crippen LogP contribution is -2.39. The van der Waals surface area contributed by atoms with Crippen molar-refractivity contribution in [2.24, 2.45) is 0 Å². The van der Waals surface area contributed by atoms with Crippen LogP contribution in [0, 0.1) is 0 Å². The third kappa shape index (κ3) is 5.41. The average molecular weight is 310 g/mol. The van der Waals surface area contributed by atoms with E-state index < -0.39 is 9.84 Å². The molecule has 0 radical (unpaired) electrons. The second-order valence-corrected chi connectivity index (χ2v) is 8.10. The second-order valence-electron chi connectivity index (χ2n) is 6.08. The van der Waals surface area contributed by atoms with Crippen LogP contribution in [0.2, 0.25) is 0 Å². The molecule has 1 saturated heterocycles. The predicted octanol–water partition coefficient (Wildman–Crippen LogP) is 2.10. The van der Waals surface area contributed by atoms with E-state index in [0.29, 0.717) is 17.0 Å². The van der Waals surface area contributed by atoms with Crippen molar-refractivity contribution in [1.29, 1.82) is 0 Å². The van der Waals surface area contributed by atoms with Crippen molar-refractivity contribution in [2.75, 3.05) is 12.8 Å². The molecule has 0 bridgehead atoms. The van der Waals surface area contributed by atoms with Gasteiger partial charge in [0.05, 0.1) is 4.90 Å². The molecule has 1 aliphatic heterocycles. The van der Waals surface area contributed by atoms with Crippen molar-refractivity contribution in [3.63, 3.8) is 0 Å². The molecule has 4 nitrogen and oxygen atoms in total. The van der Waals surface area contributed by atoms with Crippen LogP contribution in [-0.4, -0.2) is 33.3 Å². The molecule has 21 heavy (non-hydrogen) atoms. The molecule has 1 aromatic carbocycles. The van der Waals surface area contributed by atoms with Crippen LogP contribution in [0.4, 0.5) is 0 Å². The number of nitrogens with one attached hydrogen (secondary N) is 2. The van der Waals surface area contributed by atoms with Gasteiger partial charge in [0, 0.05) is 24.9 Å². The summed E-state index contributed by atoms with van der Waals surface area (Å²) in [5.41, 5.74) is 1.12. The van der Waals surface area contributed by atoms with Gasteiger partial charge in [-0.2, -0.15) is 0 Å². The lowest BCUT2D eigenvalue weighted by molar-refractivity contribution is 0.344. The van der Waals surface area contributed by atoms with Crippen molar-refractivity contribution in [3.8, 4) is 0 Å². The smallest absolute Gasteiger partial charge is 0.175 e. The monoisotopic (exact) mass is 310 g/mol. The van der Waals surface area contributed by atoms with Gasteiger partial charge in [0.1, 0.15) is 0 Å². The highest BCUT2D eigenvalue weighted by Crippen LogP contribution is 2.13. The van der Waals surface area contributed by atoms with E-state index in [0.717, 1.165) is 25.1 Å². The van der Waals surface area contributed by atoms with Crippen LogP contribution in [-0.2, 0) is 16.4 Å². The van der Waals surface area contributed by atoms with Gasteiger partial charge < -0.3 is 10.6 Å². The second kappa shape index (κ2) is 7.38. The Balaban J connectivity index is 1.79. The quantitative estimate of drug-likeness (QED) is 0.845. The molecule has 5 heteroatoms. The van der Waals surface area contributed by atoms with Crippen LogP contribution in [0.15, 0.2) is 29.2 Å². The summed E-state index contributed by atoms with van der Waals surface area (Å²) in [6, 6.07) is 8.22. The third-order valence-corrected chi connectivity index (χ3v) is 5.19. The van der Waals surface area contributed by atoms with Crippen LogP contribution in [0.25, 0.3) is 0 Å². The van der Waals surface area contributed by atoms with Gasteiger partial charge in [-0.1, -0.05) is 18.6 Å². The van der Waals surface area contributed by atoms with E-state index in [9.17, 15) is 8.42 Å². The van der Waals surface area contributed by atoms with E-state index in [1.807, 2.05) is 12.1 Å². The van der Waals surface area contributed by atoms with Crippen molar-refractivity contribution >= 4 is 9.84 Å². The summed E-state index contributed by atoms with van der Waals surface area (Å²) in [5, 5.41) is 7.08. The molecule has 0 spiro atoms. The van der Waals surface area contributed by atoms with E-state index >= 15 is 0 Å². The van der Waals surface area contributed by atoms with Crippen molar-refractivity contribution < 1.29 is 8.42 Å². The van der Waals surface area contributed by atoms with Gasteiger partial charge in [-0.25, -0.2) is 8.42 Å². The molecule has 1 aliphatic rings. The zero-order valence-corrected chi connectivity index (χ0v) is 13.7. The SMILES string of the molecule is CC(CC1CCCCN1)NCc1ccc(S(C)(=O)=O)cc1. The molecular weight excluding hydrogens is 284 g/mol. The Hall–Kier alpha value is -0.910. The first kappa shape index (κ1) is 16.5. The van der Waals surface area contributed by atoms with Gasteiger partial charge in [-0.05, 0) is 50.4 Å². The van der Waals surface area contributed by atoms with Gasteiger partial charge in [-0.3, -0.25) is 0 Å². The fourth-order valence-electron chi connectivity index (χ4n) is 2.78. The van der Waals surface area contributed by atoms with Crippen molar-refractivity contribution in [1.82, 2.24) is 10.6 Å². The molecule has 2 N–H and O–H groups in total. The number of hydrogen-bond acceptors (Lipinski definition) is 4. The Morgan fingerprint density at radius 2 is 2.00 bits per heavy atom. The molecule has 2 rings (SSSR count). The van der Waals surface area contributed by atoms with Crippen LogP contribution in [0.5, 0.6) is 0 Å². The molecule has 0 amide bonds. The van der Waals surface area contributed by atoms with E-state index in [-0.39, 0.29) is 0 Å². The van der Waals surface area contributed by atoms with Crippen molar-refractivity contribution in [3.05, 3.63) is 29.8 Å². The molecular formula is C16H26N2O2S. The topological polar surface area (TPSA) is 58.2 Å². The Morgan fingerprint density at radius 1 is 1.29 bits per heavy atom. The zero-order chi connectivity index (χ0) is 15.3. The number of hydrogen-bond donors (Lipinski definition) is 2. The van der Waals surface area contributed by atoms with Crippen LogP contribution in [0.3, 0.4) is 0 Å². The van der Waals surface area contributed by atoms with Gasteiger partial charge in [-0.15, -0.1) is 0 Å². The maximum absolute atomic E-state index is 11.4. The van der Waals surface area contributed by atoms with Crippen LogP contribution in [0.1, 0.15) is 38.2 Å². The van der Waals surface area contributed by atoms with Crippen molar-refractivity contribution in [2.45, 2.75) is 56.1 Å². The standard InChI is InChI=1S/C16H26N2O2S/c1-13(11-15-5-3-4-10-17-15)18-12-14-6-8-16(9-7-14)21(2,19)20/h6-9,13,15,17-18H,3-5,10-12H2,1-2H3. The summed E-state index contributed by atoms with van der Waals surface area (Å²) in [6.07, 6.45) is 6.28. The van der Waals surface area contributed by atoms with Crippen LogP contribution < -0.4 is 10.6 Å². The molecule has 118 valence electrons. The van der Waals surface area contributed by atoms with E-state index in [4.69, 9.17) is 0 Å². The lowest BCUT2D eigenvalue weighted by Gasteiger charge is -2.26. The predicted molar refractivity (Wildman–Crippen MR) is 86.1 cm³/mol. The summed E-state index contributed by atoms with van der Waals surface area (Å²) >= 11 is 0. The maximum atomic E-state index is 11.4. The molecule has 0 saturated carbocycles. The summed E-state index contributed by atoms with van der Waals surface area (Å²) in [5.74, 6) is 0. The minimum Gasteiger partial charge on any atom is -0.314 e. The largest absolute Gasteiger partial charge is 0.314 e. The van der Waals surface area contributed by atoms with E-state index in [1.165, 1.54) is 25.5 Å². The highest BCUT2D eigenvalue weighted by molar-refractivity contribution is 7.90. The molecule has 1 aromatic rings. The number of rotatable bonds is 6. The van der Waals surface area contributed by atoms with Gasteiger partial charge >= 0.3 is 0 Å². The Kier molecular flexibility index (Phi) is 5.79. The fourth-order valence-corrected chi connectivity index (χ4v) is 3.41. The normalized spacial score (nSPS) is 21.1. The minimum atomic E-state index is -3.10. The number of sulfone groups is 1. The number of piperidine rings is 1. The first-order valence-corrected chi connectivity index (χ1v) is 9.60. The summed E-state index contributed by atoms with van der Waals surface area (Å²) < 4.78 is 22.8.